The van der Waals surface area contributed by atoms with Crippen molar-refractivity contribution in [2.45, 2.75) is 46.5 Å². The Bertz CT molecular complexity index is 662. The third-order valence-corrected chi connectivity index (χ3v) is 4.83. The van der Waals surface area contributed by atoms with Crippen molar-refractivity contribution in [3.05, 3.63) is 66.0 Å². The van der Waals surface area contributed by atoms with Crippen LogP contribution in [0.25, 0.3) is 16.7 Å². The van der Waals surface area contributed by atoms with Crippen molar-refractivity contribution in [1.29, 1.82) is 0 Å². The fourth-order valence-corrected chi connectivity index (χ4v) is 3.01. The first-order valence-electron chi connectivity index (χ1n) is 9.89. The van der Waals surface area contributed by atoms with Crippen molar-refractivity contribution in [3.8, 4) is 11.1 Å². The number of halogens is 1. The Kier molecular flexibility index (Phi) is 8.57. The molecule has 0 atom stereocenters. The predicted molar refractivity (Wildman–Crippen MR) is 112 cm³/mol. The van der Waals surface area contributed by atoms with E-state index in [0.717, 1.165) is 17.7 Å². The van der Waals surface area contributed by atoms with E-state index in [0.29, 0.717) is 0 Å². The first-order valence-corrected chi connectivity index (χ1v) is 9.89. The van der Waals surface area contributed by atoms with E-state index in [-0.39, 0.29) is 5.82 Å². The summed E-state index contributed by atoms with van der Waals surface area (Å²) in [6, 6.07) is 15.2. The summed E-state index contributed by atoms with van der Waals surface area (Å²) in [6.07, 6.45) is 7.37. The van der Waals surface area contributed by atoms with Gasteiger partial charge in [0, 0.05) is 6.54 Å². The molecule has 0 fully saturated rings. The number of unbranched alkanes of at least 4 members (excludes halogenated alkanes) is 2. The summed E-state index contributed by atoms with van der Waals surface area (Å²) >= 11 is 0. The minimum atomic E-state index is -0.195. The summed E-state index contributed by atoms with van der Waals surface area (Å²) in [5.41, 5.74) is 4.73. The van der Waals surface area contributed by atoms with E-state index in [1.54, 1.807) is 0 Å². The zero-order valence-corrected chi connectivity index (χ0v) is 16.5. The number of allylic oxidation sites excluding steroid dienone is 1. The summed E-state index contributed by atoms with van der Waals surface area (Å²) in [4.78, 5) is 2.56. The lowest BCUT2D eigenvalue weighted by Crippen LogP contribution is -2.26. The normalized spacial score (nSPS) is 12.0. The molecule has 26 heavy (non-hydrogen) atoms. The van der Waals surface area contributed by atoms with Gasteiger partial charge in [0.1, 0.15) is 5.82 Å². The van der Waals surface area contributed by atoms with Crippen LogP contribution in [0.5, 0.6) is 0 Å². The van der Waals surface area contributed by atoms with Crippen LogP contribution < -0.4 is 0 Å². The maximum atomic E-state index is 13.1. The van der Waals surface area contributed by atoms with Crippen molar-refractivity contribution in [2.75, 3.05) is 19.6 Å². The van der Waals surface area contributed by atoms with E-state index in [4.69, 9.17) is 0 Å². The van der Waals surface area contributed by atoms with Crippen molar-refractivity contribution >= 4 is 5.57 Å². The van der Waals surface area contributed by atoms with E-state index < -0.39 is 0 Å². The van der Waals surface area contributed by atoms with Crippen LogP contribution in [0, 0.1) is 5.82 Å². The van der Waals surface area contributed by atoms with Crippen molar-refractivity contribution in [2.24, 2.45) is 0 Å². The second-order valence-electron chi connectivity index (χ2n) is 6.98. The topological polar surface area (TPSA) is 3.24 Å². The van der Waals surface area contributed by atoms with E-state index in [9.17, 15) is 4.39 Å². The Morgan fingerprint density at radius 2 is 1.35 bits per heavy atom. The first-order chi connectivity index (χ1) is 12.6. The highest BCUT2D eigenvalue weighted by molar-refractivity contribution is 5.69. The number of nitrogens with zero attached hydrogens (tertiary/aromatic N) is 1. The molecule has 0 aliphatic carbocycles. The Labute approximate surface area is 158 Å². The van der Waals surface area contributed by atoms with Gasteiger partial charge in [0.05, 0.1) is 0 Å². The molecule has 2 aromatic rings. The molecule has 0 amide bonds. The van der Waals surface area contributed by atoms with Gasteiger partial charge in [-0.15, -0.1) is 0 Å². The van der Waals surface area contributed by atoms with E-state index >= 15 is 0 Å². The van der Waals surface area contributed by atoms with Crippen LogP contribution in [0.3, 0.4) is 0 Å². The van der Waals surface area contributed by atoms with Gasteiger partial charge >= 0.3 is 0 Å². The Hall–Kier alpha value is -1.93. The molecule has 0 spiro atoms. The summed E-state index contributed by atoms with van der Waals surface area (Å²) in [6.45, 7) is 10.1. The fraction of sp³-hybridized carbons (Fsp3) is 0.417. The standard InChI is InChI=1S/C24H32FN/c1-4-6-17-26(18-7-5-2)19-16-20(3)21-8-10-22(11-9-21)23-12-14-24(25)15-13-23/h8-16H,4-7,17-19H2,1-3H3/b20-16-. The summed E-state index contributed by atoms with van der Waals surface area (Å²) in [7, 11) is 0. The summed E-state index contributed by atoms with van der Waals surface area (Å²) in [5, 5.41) is 0. The molecular formula is C24H32FN. The lowest BCUT2D eigenvalue weighted by Gasteiger charge is -2.20. The highest BCUT2D eigenvalue weighted by Crippen LogP contribution is 2.22. The molecule has 0 aliphatic rings. The van der Waals surface area contributed by atoms with E-state index in [1.807, 2.05) is 12.1 Å². The maximum absolute atomic E-state index is 13.1. The van der Waals surface area contributed by atoms with Gasteiger partial charge in [0.2, 0.25) is 0 Å². The average Bonchev–Trinajstić information content (AvgIpc) is 2.68. The van der Waals surface area contributed by atoms with Gasteiger partial charge in [0.15, 0.2) is 0 Å². The van der Waals surface area contributed by atoms with Crippen LogP contribution in [0.1, 0.15) is 52.0 Å². The summed E-state index contributed by atoms with van der Waals surface area (Å²) < 4.78 is 13.1. The minimum absolute atomic E-state index is 0.195. The summed E-state index contributed by atoms with van der Waals surface area (Å²) in [5.74, 6) is -0.195. The van der Waals surface area contributed by atoms with Gasteiger partial charge in [-0.25, -0.2) is 4.39 Å². The van der Waals surface area contributed by atoms with Gasteiger partial charge in [-0.1, -0.05) is 69.2 Å². The molecule has 0 radical (unpaired) electrons. The van der Waals surface area contributed by atoms with E-state index in [1.165, 1.54) is 62.0 Å². The SMILES string of the molecule is CCCCN(C/C=C(/C)c1ccc(-c2ccc(F)cc2)cc1)CCCC. The monoisotopic (exact) mass is 353 g/mol. The molecule has 140 valence electrons. The molecule has 2 aromatic carbocycles. The van der Waals surface area contributed by atoms with Crippen molar-refractivity contribution in [3.63, 3.8) is 0 Å². The average molecular weight is 354 g/mol. The molecule has 2 heteroatoms. The van der Waals surface area contributed by atoms with Gasteiger partial charge in [0.25, 0.3) is 0 Å². The predicted octanol–water partition coefficient (Wildman–Crippen LogP) is 6.80. The van der Waals surface area contributed by atoms with Crippen molar-refractivity contribution in [1.82, 2.24) is 4.90 Å². The molecule has 0 saturated carbocycles. The number of hydrogen-bond acceptors (Lipinski definition) is 1. The first kappa shape index (κ1) is 20.4. The lowest BCUT2D eigenvalue weighted by atomic mass is 10.0. The van der Waals surface area contributed by atoms with Gasteiger partial charge < -0.3 is 0 Å². The fourth-order valence-electron chi connectivity index (χ4n) is 3.01. The molecule has 1 nitrogen and oxygen atoms in total. The molecule has 0 saturated heterocycles. The Balaban J connectivity index is 2.01. The van der Waals surface area contributed by atoms with Crippen LogP contribution in [0.2, 0.25) is 0 Å². The smallest absolute Gasteiger partial charge is 0.123 e. The third-order valence-electron chi connectivity index (χ3n) is 4.83. The molecule has 0 bridgehead atoms. The highest BCUT2D eigenvalue weighted by Gasteiger charge is 2.04. The zero-order valence-electron chi connectivity index (χ0n) is 16.5. The largest absolute Gasteiger partial charge is 0.300 e. The van der Waals surface area contributed by atoms with E-state index in [2.05, 4.69) is 56.0 Å². The highest BCUT2D eigenvalue weighted by atomic mass is 19.1. The third kappa shape index (κ3) is 6.42. The molecule has 0 unspecified atom stereocenters. The number of rotatable bonds is 10. The van der Waals surface area contributed by atoms with Crippen LogP contribution in [-0.2, 0) is 0 Å². The molecule has 0 aliphatic heterocycles. The van der Waals surface area contributed by atoms with Gasteiger partial charge in [-0.3, -0.25) is 4.90 Å². The van der Waals surface area contributed by atoms with Crippen LogP contribution >= 0.6 is 0 Å². The molecule has 2 rings (SSSR count). The zero-order chi connectivity index (χ0) is 18.8. The molecule has 0 heterocycles. The van der Waals surface area contributed by atoms with Crippen LogP contribution in [0.15, 0.2) is 54.6 Å². The molecular weight excluding hydrogens is 321 g/mol. The van der Waals surface area contributed by atoms with Crippen LogP contribution in [-0.4, -0.2) is 24.5 Å². The second kappa shape index (κ2) is 10.9. The van der Waals surface area contributed by atoms with Crippen molar-refractivity contribution < 1.29 is 4.39 Å². The Morgan fingerprint density at radius 1 is 0.846 bits per heavy atom. The number of hydrogen-bond donors (Lipinski definition) is 0. The molecule has 0 aromatic heterocycles. The quantitative estimate of drug-likeness (QED) is 0.454. The van der Waals surface area contributed by atoms with Crippen LogP contribution in [0.4, 0.5) is 4.39 Å². The lowest BCUT2D eigenvalue weighted by molar-refractivity contribution is 0.292. The van der Waals surface area contributed by atoms with Gasteiger partial charge in [-0.2, -0.15) is 0 Å². The minimum Gasteiger partial charge on any atom is -0.300 e. The maximum Gasteiger partial charge on any atom is 0.123 e. The second-order valence-corrected chi connectivity index (χ2v) is 6.98. The van der Waals surface area contributed by atoms with Gasteiger partial charge in [-0.05, 0) is 67.3 Å². The molecule has 0 N–H and O–H groups in total. The number of benzene rings is 2. The Morgan fingerprint density at radius 3 is 1.85 bits per heavy atom.